The summed E-state index contributed by atoms with van der Waals surface area (Å²) in [6.07, 6.45) is 0. The first kappa shape index (κ1) is 16.9. The molecule has 0 bridgehead atoms. The second kappa shape index (κ2) is 7.30. The Morgan fingerprint density at radius 3 is 2.64 bits per heavy atom. The van der Waals surface area contributed by atoms with Gasteiger partial charge in [-0.1, -0.05) is 12.1 Å². The lowest BCUT2D eigenvalue weighted by molar-refractivity contribution is 0.0935. The number of hydrogen-bond acceptors (Lipinski definition) is 4. The third kappa shape index (κ3) is 3.60. The van der Waals surface area contributed by atoms with Crippen molar-refractivity contribution < 1.29 is 18.7 Å². The second-order valence-corrected chi connectivity index (χ2v) is 5.68. The molecule has 25 heavy (non-hydrogen) atoms. The predicted molar refractivity (Wildman–Crippen MR) is 96.3 cm³/mol. The van der Waals surface area contributed by atoms with E-state index in [0.29, 0.717) is 35.0 Å². The van der Waals surface area contributed by atoms with Crippen molar-refractivity contribution in [3.63, 3.8) is 0 Å². The minimum absolute atomic E-state index is 0.166. The Hall–Kier alpha value is -2.95. The second-order valence-electron chi connectivity index (χ2n) is 5.68. The lowest BCUT2D eigenvalue weighted by atomic mass is 10.1. The van der Waals surface area contributed by atoms with Gasteiger partial charge in [0, 0.05) is 10.9 Å². The molecule has 1 N–H and O–H groups in total. The van der Waals surface area contributed by atoms with Gasteiger partial charge in [-0.15, -0.1) is 0 Å². The summed E-state index contributed by atoms with van der Waals surface area (Å²) >= 11 is 0. The van der Waals surface area contributed by atoms with E-state index >= 15 is 0 Å². The molecule has 0 spiro atoms. The highest BCUT2D eigenvalue weighted by Gasteiger charge is 2.17. The molecule has 3 aromatic rings. The van der Waals surface area contributed by atoms with Crippen LogP contribution in [0.2, 0.25) is 0 Å². The van der Waals surface area contributed by atoms with Gasteiger partial charge in [0.05, 0.1) is 19.8 Å². The summed E-state index contributed by atoms with van der Waals surface area (Å²) in [5.74, 6) is 1.94. The zero-order chi connectivity index (χ0) is 17.8. The molecule has 0 fully saturated rings. The maximum absolute atomic E-state index is 12.4. The molecule has 5 nitrogen and oxygen atoms in total. The number of amides is 1. The van der Waals surface area contributed by atoms with Crippen LogP contribution >= 0.6 is 0 Å². The smallest absolute Gasteiger partial charge is 0.251 e. The molecule has 1 amide bonds. The number of rotatable bonds is 6. The highest BCUT2D eigenvalue weighted by molar-refractivity contribution is 5.94. The Balaban J connectivity index is 1.78. The number of methoxy groups -OCH3 is 1. The van der Waals surface area contributed by atoms with E-state index in [0.717, 1.165) is 5.39 Å². The van der Waals surface area contributed by atoms with Crippen LogP contribution in [0.3, 0.4) is 0 Å². The van der Waals surface area contributed by atoms with E-state index < -0.39 is 0 Å². The molecule has 1 unspecified atom stereocenters. The lowest BCUT2D eigenvalue weighted by Crippen LogP contribution is -2.26. The summed E-state index contributed by atoms with van der Waals surface area (Å²) in [7, 11) is 1.59. The van der Waals surface area contributed by atoms with Gasteiger partial charge >= 0.3 is 0 Å². The number of benzene rings is 2. The summed E-state index contributed by atoms with van der Waals surface area (Å²) in [5, 5.41) is 3.90. The Morgan fingerprint density at radius 1 is 1.20 bits per heavy atom. The molecule has 3 rings (SSSR count). The van der Waals surface area contributed by atoms with Crippen LogP contribution in [0.1, 0.15) is 36.0 Å². The minimum Gasteiger partial charge on any atom is -0.497 e. The molecule has 0 saturated carbocycles. The van der Waals surface area contributed by atoms with Crippen molar-refractivity contribution in [2.24, 2.45) is 0 Å². The Bertz CT molecular complexity index is 867. The first-order valence-corrected chi connectivity index (χ1v) is 8.22. The molecule has 1 heterocycles. The zero-order valence-corrected chi connectivity index (χ0v) is 14.5. The van der Waals surface area contributed by atoms with E-state index in [1.807, 2.05) is 38.1 Å². The van der Waals surface area contributed by atoms with Crippen molar-refractivity contribution >= 4 is 16.9 Å². The summed E-state index contributed by atoms with van der Waals surface area (Å²) in [5.41, 5.74) is 1.27. The molecule has 130 valence electrons. The van der Waals surface area contributed by atoms with Crippen LogP contribution in [0.5, 0.6) is 11.5 Å². The van der Waals surface area contributed by atoms with Gasteiger partial charge in [0.25, 0.3) is 5.91 Å². The maximum Gasteiger partial charge on any atom is 0.251 e. The Labute approximate surface area is 146 Å². The first-order valence-electron chi connectivity index (χ1n) is 8.22. The van der Waals surface area contributed by atoms with E-state index in [1.165, 1.54) is 0 Å². The van der Waals surface area contributed by atoms with Crippen LogP contribution in [-0.2, 0) is 0 Å². The van der Waals surface area contributed by atoms with Crippen molar-refractivity contribution in [1.82, 2.24) is 5.32 Å². The molecule has 0 radical (unpaired) electrons. The van der Waals surface area contributed by atoms with Gasteiger partial charge in [0.15, 0.2) is 11.3 Å². The Morgan fingerprint density at radius 2 is 1.96 bits per heavy atom. The largest absolute Gasteiger partial charge is 0.497 e. The quantitative estimate of drug-likeness (QED) is 0.726. The van der Waals surface area contributed by atoms with Crippen molar-refractivity contribution in [3.05, 3.63) is 59.9 Å². The number of ether oxygens (including phenoxy) is 2. The molecule has 0 saturated heterocycles. The minimum atomic E-state index is -0.267. The van der Waals surface area contributed by atoms with E-state index in [9.17, 15) is 4.79 Å². The van der Waals surface area contributed by atoms with Crippen LogP contribution in [0.15, 0.2) is 52.9 Å². The number of hydrogen-bond donors (Lipinski definition) is 1. The topological polar surface area (TPSA) is 60.7 Å². The van der Waals surface area contributed by atoms with Crippen molar-refractivity contribution in [1.29, 1.82) is 0 Å². The summed E-state index contributed by atoms with van der Waals surface area (Å²) in [6, 6.07) is 14.4. The average molecular weight is 339 g/mol. The number of furan rings is 1. The van der Waals surface area contributed by atoms with Gasteiger partial charge in [0.1, 0.15) is 11.5 Å². The maximum atomic E-state index is 12.4. The molecular weight excluding hydrogens is 318 g/mol. The zero-order valence-electron chi connectivity index (χ0n) is 14.5. The first-order chi connectivity index (χ1) is 12.1. The fourth-order valence-corrected chi connectivity index (χ4v) is 2.63. The molecule has 0 aliphatic heterocycles. The van der Waals surface area contributed by atoms with Gasteiger partial charge in [-0.3, -0.25) is 4.79 Å². The molecular formula is C20H21NO4. The van der Waals surface area contributed by atoms with Gasteiger partial charge in [-0.2, -0.15) is 0 Å². The van der Waals surface area contributed by atoms with E-state index in [2.05, 4.69) is 5.32 Å². The lowest BCUT2D eigenvalue weighted by Gasteiger charge is -2.11. The summed E-state index contributed by atoms with van der Waals surface area (Å²) in [4.78, 5) is 12.4. The van der Waals surface area contributed by atoms with Gasteiger partial charge in [-0.05, 0) is 50.2 Å². The van der Waals surface area contributed by atoms with Crippen LogP contribution < -0.4 is 14.8 Å². The number of fused-ring (bicyclic) bond motifs is 1. The number of carbonyl (C=O) groups is 1. The number of para-hydroxylation sites is 1. The molecule has 0 aliphatic rings. The molecule has 1 aromatic heterocycles. The third-order valence-electron chi connectivity index (χ3n) is 3.95. The summed E-state index contributed by atoms with van der Waals surface area (Å²) in [6.45, 7) is 4.39. The SMILES string of the molecule is CCOc1cccc2cc(C(C)NC(=O)c3ccc(OC)cc3)oc12. The Kier molecular flexibility index (Phi) is 4.93. The fourth-order valence-electron chi connectivity index (χ4n) is 2.63. The van der Waals surface area contributed by atoms with Gasteiger partial charge in [0.2, 0.25) is 0 Å². The van der Waals surface area contributed by atoms with Crippen LogP contribution in [0.4, 0.5) is 0 Å². The van der Waals surface area contributed by atoms with Crippen molar-refractivity contribution in [3.8, 4) is 11.5 Å². The average Bonchev–Trinajstić information content (AvgIpc) is 3.07. The molecule has 1 atom stereocenters. The van der Waals surface area contributed by atoms with Crippen LogP contribution in [-0.4, -0.2) is 19.6 Å². The van der Waals surface area contributed by atoms with Crippen LogP contribution in [0.25, 0.3) is 11.0 Å². The molecule has 5 heteroatoms. The van der Waals surface area contributed by atoms with Crippen molar-refractivity contribution in [2.75, 3.05) is 13.7 Å². The summed E-state index contributed by atoms with van der Waals surface area (Å²) < 4.78 is 16.6. The van der Waals surface area contributed by atoms with Gasteiger partial charge in [-0.25, -0.2) is 0 Å². The van der Waals surface area contributed by atoms with E-state index in [4.69, 9.17) is 13.9 Å². The van der Waals surface area contributed by atoms with Crippen molar-refractivity contribution in [2.45, 2.75) is 19.9 Å². The standard InChI is InChI=1S/C20H21NO4/c1-4-24-17-7-5-6-15-12-18(25-19(15)17)13(2)21-20(22)14-8-10-16(23-3)11-9-14/h5-13H,4H2,1-3H3,(H,21,22). The monoisotopic (exact) mass is 339 g/mol. The van der Waals surface area contributed by atoms with Gasteiger partial charge < -0.3 is 19.2 Å². The van der Waals surface area contributed by atoms with E-state index in [1.54, 1.807) is 31.4 Å². The van der Waals surface area contributed by atoms with E-state index in [-0.39, 0.29) is 11.9 Å². The predicted octanol–water partition coefficient (Wildman–Crippen LogP) is 4.33. The van der Waals surface area contributed by atoms with Crippen LogP contribution in [0, 0.1) is 0 Å². The number of nitrogens with one attached hydrogen (secondary N) is 1. The molecule has 2 aromatic carbocycles. The highest BCUT2D eigenvalue weighted by Crippen LogP contribution is 2.31. The highest BCUT2D eigenvalue weighted by atomic mass is 16.5. The molecule has 0 aliphatic carbocycles. The fraction of sp³-hybridized carbons (Fsp3) is 0.250. The normalized spacial score (nSPS) is 12.0. The number of carbonyl (C=O) groups excluding carboxylic acids is 1. The third-order valence-corrected chi connectivity index (χ3v) is 3.95.